The SMILES string of the molecule is C=N/C(C#Cc1cn[nH]c1)=C\C. The first-order valence-electron chi connectivity index (χ1n) is 3.50. The van der Waals surface area contributed by atoms with Gasteiger partial charge in [0.15, 0.2) is 0 Å². The van der Waals surface area contributed by atoms with Crippen LogP contribution in [0, 0.1) is 11.8 Å². The Kier molecular flexibility index (Phi) is 2.86. The normalized spacial score (nSPS) is 10.2. The van der Waals surface area contributed by atoms with Crippen molar-refractivity contribution in [2.24, 2.45) is 4.99 Å². The van der Waals surface area contributed by atoms with Crippen LogP contribution in [0.2, 0.25) is 0 Å². The summed E-state index contributed by atoms with van der Waals surface area (Å²) >= 11 is 0. The third-order valence-corrected chi connectivity index (χ3v) is 1.28. The van der Waals surface area contributed by atoms with Crippen LogP contribution in [0.25, 0.3) is 0 Å². The van der Waals surface area contributed by atoms with Crippen LogP contribution in [0.15, 0.2) is 29.2 Å². The average Bonchev–Trinajstić information content (AvgIpc) is 2.59. The highest BCUT2D eigenvalue weighted by atomic mass is 15.1. The summed E-state index contributed by atoms with van der Waals surface area (Å²) in [5.41, 5.74) is 1.52. The molecule has 0 saturated carbocycles. The number of hydrogen-bond donors (Lipinski definition) is 1. The number of aliphatic imine (C=N–C) groups is 1. The lowest BCUT2D eigenvalue weighted by Gasteiger charge is -1.82. The number of nitrogens with zero attached hydrogens (tertiary/aromatic N) is 2. The van der Waals surface area contributed by atoms with E-state index in [-0.39, 0.29) is 0 Å². The van der Waals surface area contributed by atoms with Crippen LogP contribution in [-0.2, 0) is 0 Å². The fraction of sp³-hybridized carbons (Fsp3) is 0.111. The van der Waals surface area contributed by atoms with Gasteiger partial charge in [-0.2, -0.15) is 5.10 Å². The fourth-order valence-electron chi connectivity index (χ4n) is 0.658. The van der Waals surface area contributed by atoms with E-state index in [0.717, 1.165) is 5.56 Å². The molecule has 60 valence electrons. The minimum absolute atomic E-state index is 0.677. The van der Waals surface area contributed by atoms with Crippen LogP contribution in [0.5, 0.6) is 0 Å². The van der Waals surface area contributed by atoms with E-state index in [2.05, 4.69) is 33.7 Å². The highest BCUT2D eigenvalue weighted by Crippen LogP contribution is 1.94. The van der Waals surface area contributed by atoms with Crippen LogP contribution < -0.4 is 0 Å². The molecule has 0 unspecified atom stereocenters. The fourth-order valence-corrected chi connectivity index (χ4v) is 0.658. The number of rotatable bonds is 1. The molecule has 0 saturated heterocycles. The number of H-pyrrole nitrogens is 1. The van der Waals surface area contributed by atoms with Crippen molar-refractivity contribution in [3.8, 4) is 11.8 Å². The molecule has 0 amide bonds. The van der Waals surface area contributed by atoms with Crippen molar-refractivity contribution in [3.05, 3.63) is 29.7 Å². The van der Waals surface area contributed by atoms with Gasteiger partial charge in [-0.1, -0.05) is 12.0 Å². The standard InChI is InChI=1S/C9H9N3/c1-3-9(10-2)5-4-8-6-11-12-7-8/h3,6-7H,2H2,1H3,(H,11,12)/b9-3-. The second kappa shape index (κ2) is 4.14. The molecule has 0 aliphatic rings. The van der Waals surface area contributed by atoms with Crippen LogP contribution in [0.3, 0.4) is 0 Å². The quantitative estimate of drug-likeness (QED) is 0.488. The van der Waals surface area contributed by atoms with Crippen molar-refractivity contribution in [2.75, 3.05) is 0 Å². The van der Waals surface area contributed by atoms with Crippen molar-refractivity contribution in [1.82, 2.24) is 10.2 Å². The summed E-state index contributed by atoms with van der Waals surface area (Å²) in [5, 5.41) is 6.43. The largest absolute Gasteiger partial charge is 0.284 e. The van der Waals surface area contributed by atoms with Gasteiger partial charge in [0.2, 0.25) is 0 Å². The smallest absolute Gasteiger partial charge is 0.108 e. The zero-order valence-electron chi connectivity index (χ0n) is 6.83. The lowest BCUT2D eigenvalue weighted by molar-refractivity contribution is 1.09. The molecular weight excluding hydrogens is 150 g/mol. The summed E-state index contributed by atoms with van der Waals surface area (Å²) in [5.74, 6) is 5.72. The van der Waals surface area contributed by atoms with Crippen LogP contribution in [0.4, 0.5) is 0 Å². The second-order valence-electron chi connectivity index (χ2n) is 2.07. The monoisotopic (exact) mass is 159 g/mol. The maximum Gasteiger partial charge on any atom is 0.108 e. The van der Waals surface area contributed by atoms with Gasteiger partial charge in [0.25, 0.3) is 0 Å². The van der Waals surface area contributed by atoms with Crippen LogP contribution in [0.1, 0.15) is 12.5 Å². The molecule has 0 aliphatic carbocycles. The van der Waals surface area contributed by atoms with E-state index in [9.17, 15) is 0 Å². The lowest BCUT2D eigenvalue weighted by Crippen LogP contribution is -1.70. The molecule has 0 atom stereocenters. The Hall–Kier alpha value is -1.82. The molecular formula is C9H9N3. The molecule has 1 rings (SSSR count). The Balaban J connectivity index is 2.78. The Bertz CT molecular complexity index is 336. The lowest BCUT2D eigenvalue weighted by atomic mass is 10.3. The molecule has 12 heavy (non-hydrogen) atoms. The summed E-state index contributed by atoms with van der Waals surface area (Å²) in [6.45, 7) is 5.26. The Morgan fingerprint density at radius 2 is 2.67 bits per heavy atom. The van der Waals surface area contributed by atoms with Gasteiger partial charge in [-0.3, -0.25) is 10.1 Å². The van der Waals surface area contributed by atoms with Crippen molar-refractivity contribution in [2.45, 2.75) is 6.92 Å². The molecule has 0 spiro atoms. The van der Waals surface area contributed by atoms with E-state index in [0.29, 0.717) is 5.70 Å². The molecule has 3 nitrogen and oxygen atoms in total. The predicted octanol–water partition coefficient (Wildman–Crippen LogP) is 1.37. The summed E-state index contributed by atoms with van der Waals surface area (Å²) in [6.07, 6.45) is 5.19. The van der Waals surface area contributed by atoms with Gasteiger partial charge in [-0.25, -0.2) is 0 Å². The van der Waals surface area contributed by atoms with Gasteiger partial charge in [-0.15, -0.1) is 0 Å². The number of nitrogens with one attached hydrogen (secondary N) is 1. The van der Waals surface area contributed by atoms with Crippen molar-refractivity contribution in [1.29, 1.82) is 0 Å². The van der Waals surface area contributed by atoms with Crippen molar-refractivity contribution < 1.29 is 0 Å². The van der Waals surface area contributed by atoms with E-state index in [1.165, 1.54) is 0 Å². The van der Waals surface area contributed by atoms with E-state index < -0.39 is 0 Å². The highest BCUT2D eigenvalue weighted by molar-refractivity contribution is 5.41. The Morgan fingerprint density at radius 3 is 3.17 bits per heavy atom. The van der Waals surface area contributed by atoms with Crippen LogP contribution >= 0.6 is 0 Å². The van der Waals surface area contributed by atoms with Crippen molar-refractivity contribution in [3.63, 3.8) is 0 Å². The highest BCUT2D eigenvalue weighted by Gasteiger charge is 1.85. The first-order chi connectivity index (χ1) is 5.86. The first-order valence-corrected chi connectivity index (χ1v) is 3.50. The third kappa shape index (κ3) is 2.10. The van der Waals surface area contributed by atoms with Crippen LogP contribution in [-0.4, -0.2) is 16.9 Å². The van der Waals surface area contributed by atoms with Gasteiger partial charge < -0.3 is 0 Å². The molecule has 3 heteroatoms. The third-order valence-electron chi connectivity index (χ3n) is 1.28. The number of allylic oxidation sites excluding steroid dienone is 2. The Labute approximate surface area is 71.2 Å². The Morgan fingerprint density at radius 1 is 1.83 bits per heavy atom. The zero-order chi connectivity index (χ0) is 8.81. The van der Waals surface area contributed by atoms with E-state index in [4.69, 9.17) is 0 Å². The van der Waals surface area contributed by atoms with Gasteiger partial charge in [0.05, 0.1) is 11.8 Å². The van der Waals surface area contributed by atoms with Gasteiger partial charge in [0.1, 0.15) is 5.70 Å². The molecule has 1 aromatic heterocycles. The molecule has 1 N–H and O–H groups in total. The first kappa shape index (κ1) is 8.28. The van der Waals surface area contributed by atoms with Crippen molar-refractivity contribution >= 4 is 6.72 Å². The van der Waals surface area contributed by atoms with Gasteiger partial charge >= 0.3 is 0 Å². The molecule has 0 radical (unpaired) electrons. The van der Waals surface area contributed by atoms with E-state index >= 15 is 0 Å². The number of hydrogen-bond acceptors (Lipinski definition) is 2. The summed E-state index contributed by atoms with van der Waals surface area (Å²) in [6, 6.07) is 0. The second-order valence-corrected chi connectivity index (χ2v) is 2.07. The molecule has 0 aliphatic heterocycles. The van der Waals surface area contributed by atoms with E-state index in [1.807, 2.05) is 6.92 Å². The number of aromatic amines is 1. The van der Waals surface area contributed by atoms with E-state index in [1.54, 1.807) is 18.5 Å². The minimum Gasteiger partial charge on any atom is -0.284 e. The summed E-state index contributed by atoms with van der Waals surface area (Å²) in [7, 11) is 0. The molecule has 1 aromatic rings. The topological polar surface area (TPSA) is 41.0 Å². The number of aromatic nitrogens is 2. The molecule has 0 fully saturated rings. The maximum absolute atomic E-state index is 3.76. The van der Waals surface area contributed by atoms with Gasteiger partial charge in [-0.05, 0) is 19.6 Å². The predicted molar refractivity (Wildman–Crippen MR) is 48.8 cm³/mol. The molecule has 0 bridgehead atoms. The van der Waals surface area contributed by atoms with Gasteiger partial charge in [0, 0.05) is 6.20 Å². The summed E-state index contributed by atoms with van der Waals surface area (Å²) < 4.78 is 0. The average molecular weight is 159 g/mol. The summed E-state index contributed by atoms with van der Waals surface area (Å²) in [4.78, 5) is 3.71. The molecule has 1 heterocycles. The zero-order valence-corrected chi connectivity index (χ0v) is 6.83. The minimum atomic E-state index is 0.677. The molecule has 0 aromatic carbocycles. The maximum atomic E-state index is 3.76.